The fourth-order valence-corrected chi connectivity index (χ4v) is 7.98. The van der Waals surface area contributed by atoms with Crippen LogP contribution in [0.3, 0.4) is 0 Å². The van der Waals surface area contributed by atoms with E-state index in [0.29, 0.717) is 12.0 Å². The molecule has 1 aromatic heterocycles. The van der Waals surface area contributed by atoms with Crippen LogP contribution >= 0.6 is 0 Å². The number of epoxide rings is 1. The highest BCUT2D eigenvalue weighted by Gasteiger charge is 2.85. The second-order valence-corrected chi connectivity index (χ2v) is 11.7. The molecule has 6 heterocycles. The van der Waals surface area contributed by atoms with E-state index in [1.165, 1.54) is 12.5 Å². The number of aliphatic hydroxyl groups excluding tert-OH is 4. The average Bonchev–Trinajstić information content (AvgIpc) is 3.51. The van der Waals surface area contributed by atoms with E-state index in [4.69, 9.17) is 28.1 Å². The van der Waals surface area contributed by atoms with Crippen molar-refractivity contribution in [2.75, 3.05) is 6.61 Å². The van der Waals surface area contributed by atoms with Crippen molar-refractivity contribution in [2.24, 2.45) is 16.7 Å². The summed E-state index contributed by atoms with van der Waals surface area (Å²) in [6.45, 7) is 3.20. The van der Waals surface area contributed by atoms with E-state index < -0.39 is 96.0 Å². The Hall–Kier alpha value is -2.32. The molecule has 7 aliphatic rings. The van der Waals surface area contributed by atoms with Gasteiger partial charge in [0, 0.05) is 27.9 Å². The van der Waals surface area contributed by atoms with Crippen molar-refractivity contribution < 1.29 is 58.1 Å². The standard InChI is InChI=1S/C26H30O12/c1-24-7-12(10-4-6-33-9-10)34-21(31)11(24)3-5-25(2)19(24)17-18-20(36-18)26(25,23(32)37-17)38-22-16(30)15(29)14(28)13(8-27)35-22/h3-4,6,9,12-20,22,27-30H,5,7-8H2,1-2H3/t12-,13-,14-,15+,16-,17+,18+,19+,20+,22+,24-,25-,26-/m1/s1. The van der Waals surface area contributed by atoms with Crippen molar-refractivity contribution >= 4 is 11.9 Å². The van der Waals surface area contributed by atoms with Gasteiger partial charge < -0.3 is 48.5 Å². The molecule has 12 heteroatoms. The van der Waals surface area contributed by atoms with Crippen molar-refractivity contribution in [3.63, 3.8) is 0 Å². The summed E-state index contributed by atoms with van der Waals surface area (Å²) in [4.78, 5) is 26.9. The van der Waals surface area contributed by atoms with Gasteiger partial charge in [-0.2, -0.15) is 0 Å². The molecule has 8 rings (SSSR count). The number of allylic oxidation sites excluding steroid dienone is 1. The summed E-state index contributed by atoms with van der Waals surface area (Å²) < 4.78 is 34.9. The zero-order valence-corrected chi connectivity index (χ0v) is 20.8. The van der Waals surface area contributed by atoms with Crippen LogP contribution < -0.4 is 0 Å². The van der Waals surface area contributed by atoms with Gasteiger partial charge in [-0.15, -0.1) is 0 Å². The maximum Gasteiger partial charge on any atom is 0.342 e. The number of furan rings is 1. The van der Waals surface area contributed by atoms with E-state index >= 15 is 0 Å². The molecule has 12 nitrogen and oxygen atoms in total. The molecular weight excluding hydrogens is 504 g/mol. The average molecular weight is 535 g/mol. The molecule has 13 atom stereocenters. The Labute approximate surface area is 217 Å². The fourth-order valence-electron chi connectivity index (χ4n) is 7.98. The number of hydrogen-bond donors (Lipinski definition) is 4. The molecule has 0 aromatic carbocycles. The normalized spacial score (nSPS) is 52.7. The van der Waals surface area contributed by atoms with Crippen molar-refractivity contribution in [3.8, 4) is 0 Å². The van der Waals surface area contributed by atoms with E-state index in [-0.39, 0.29) is 6.42 Å². The molecule has 5 aliphatic heterocycles. The van der Waals surface area contributed by atoms with Gasteiger partial charge in [0.2, 0.25) is 5.60 Å². The third-order valence-corrected chi connectivity index (χ3v) is 9.84. The van der Waals surface area contributed by atoms with Gasteiger partial charge in [-0.25, -0.2) is 9.59 Å². The highest BCUT2D eigenvalue weighted by Crippen LogP contribution is 2.72. The van der Waals surface area contributed by atoms with Gasteiger partial charge in [0.15, 0.2) is 6.29 Å². The summed E-state index contributed by atoms with van der Waals surface area (Å²) in [7, 11) is 0. The molecule has 6 fully saturated rings. The molecule has 2 aliphatic carbocycles. The molecule has 0 spiro atoms. The zero-order chi connectivity index (χ0) is 26.8. The van der Waals surface area contributed by atoms with Gasteiger partial charge in [-0.1, -0.05) is 19.9 Å². The summed E-state index contributed by atoms with van der Waals surface area (Å²) in [6, 6.07) is 1.74. The summed E-state index contributed by atoms with van der Waals surface area (Å²) >= 11 is 0. The molecule has 1 saturated carbocycles. The number of esters is 2. The maximum atomic E-state index is 13.7. The van der Waals surface area contributed by atoms with Gasteiger partial charge in [0.05, 0.1) is 19.1 Å². The number of fused-ring (bicyclic) bond motifs is 2. The fraction of sp³-hybridized carbons (Fsp3) is 0.692. The highest BCUT2D eigenvalue weighted by molar-refractivity contribution is 5.92. The molecule has 206 valence electrons. The summed E-state index contributed by atoms with van der Waals surface area (Å²) in [6.07, 6.45) is -4.65. The Morgan fingerprint density at radius 2 is 1.84 bits per heavy atom. The first kappa shape index (κ1) is 24.7. The quantitative estimate of drug-likeness (QED) is 0.288. The number of rotatable bonds is 4. The Morgan fingerprint density at radius 1 is 1.05 bits per heavy atom. The van der Waals surface area contributed by atoms with Crippen LogP contribution in [0.1, 0.15) is 38.4 Å². The lowest BCUT2D eigenvalue weighted by Crippen LogP contribution is -2.78. The smallest absolute Gasteiger partial charge is 0.342 e. The van der Waals surface area contributed by atoms with Crippen LogP contribution in [0.15, 0.2) is 34.7 Å². The summed E-state index contributed by atoms with van der Waals surface area (Å²) in [5.74, 6) is -1.55. The van der Waals surface area contributed by atoms with Crippen LogP contribution in [0.5, 0.6) is 0 Å². The predicted molar refractivity (Wildman–Crippen MR) is 121 cm³/mol. The van der Waals surface area contributed by atoms with E-state index in [1.807, 2.05) is 13.8 Å². The van der Waals surface area contributed by atoms with Crippen molar-refractivity contribution in [3.05, 3.63) is 35.8 Å². The monoisotopic (exact) mass is 534 g/mol. The SMILES string of the molecule is C[C@@]12C[C@H](c3ccoc3)OC(=O)C1=CC[C@]1(C)[C@H]2[C@H]2OC(=O)[C@]1(O[C@@H]1O[C@H](CO)[C@@H](O)[C@H](O)[C@H]1O)[C@H]1O[C@@H]21. The Bertz CT molecular complexity index is 1190. The first-order chi connectivity index (χ1) is 18.1. The zero-order valence-electron chi connectivity index (χ0n) is 20.8. The van der Waals surface area contributed by atoms with E-state index in [9.17, 15) is 30.0 Å². The van der Waals surface area contributed by atoms with E-state index in [2.05, 4.69) is 0 Å². The molecule has 0 radical (unpaired) electrons. The topological polar surface area (TPSA) is 178 Å². The predicted octanol–water partition coefficient (Wildman–Crippen LogP) is -0.512. The molecule has 38 heavy (non-hydrogen) atoms. The second-order valence-electron chi connectivity index (χ2n) is 11.7. The number of hydrogen-bond acceptors (Lipinski definition) is 12. The minimum atomic E-state index is -1.75. The van der Waals surface area contributed by atoms with E-state index in [0.717, 1.165) is 5.56 Å². The van der Waals surface area contributed by atoms with Gasteiger partial charge in [-0.05, 0) is 18.9 Å². The lowest BCUT2D eigenvalue weighted by molar-refractivity contribution is -0.359. The highest BCUT2D eigenvalue weighted by atomic mass is 16.8. The van der Waals surface area contributed by atoms with Gasteiger partial charge >= 0.3 is 11.9 Å². The second kappa shape index (κ2) is 7.87. The maximum absolute atomic E-state index is 13.7. The first-order valence-corrected chi connectivity index (χ1v) is 12.9. The van der Waals surface area contributed by atoms with Gasteiger partial charge in [-0.3, -0.25) is 0 Å². The third-order valence-electron chi connectivity index (χ3n) is 9.84. The molecule has 1 aromatic rings. The Kier molecular flexibility index (Phi) is 5.12. The van der Waals surface area contributed by atoms with Gasteiger partial charge in [0.1, 0.15) is 48.8 Å². The lowest BCUT2D eigenvalue weighted by atomic mass is 9.43. The first-order valence-electron chi connectivity index (χ1n) is 12.9. The number of aliphatic hydroxyl groups is 4. The molecule has 0 amide bonds. The molecular formula is C26H30O12. The van der Waals surface area contributed by atoms with Crippen molar-refractivity contribution in [1.29, 1.82) is 0 Å². The molecule has 5 saturated heterocycles. The van der Waals surface area contributed by atoms with E-state index in [1.54, 1.807) is 12.1 Å². The van der Waals surface area contributed by atoms with Crippen molar-refractivity contribution in [1.82, 2.24) is 0 Å². The number of carbonyl (C=O) groups excluding carboxylic acids is 2. The number of carbonyl (C=O) groups is 2. The number of cyclic esters (lactones) is 1. The minimum Gasteiger partial charge on any atom is -0.472 e. The molecule has 4 N–H and O–H groups in total. The third kappa shape index (κ3) is 2.88. The molecule has 0 unspecified atom stereocenters. The summed E-state index contributed by atoms with van der Waals surface area (Å²) in [5, 5.41) is 41.0. The number of ether oxygens (including phenoxy) is 5. The van der Waals surface area contributed by atoms with Crippen LogP contribution in [0.4, 0.5) is 0 Å². The minimum absolute atomic E-state index is 0.254. The Balaban J connectivity index is 1.31. The van der Waals surface area contributed by atoms with Crippen LogP contribution in [-0.4, -0.2) is 93.6 Å². The van der Waals surface area contributed by atoms with Crippen LogP contribution in [0.25, 0.3) is 0 Å². The molecule has 2 bridgehead atoms. The lowest BCUT2D eigenvalue weighted by Gasteiger charge is -2.65. The largest absolute Gasteiger partial charge is 0.472 e. The van der Waals surface area contributed by atoms with Crippen molar-refractivity contribution in [2.45, 2.75) is 87.4 Å². The summed E-state index contributed by atoms with van der Waals surface area (Å²) in [5.41, 5.74) is -2.29. The van der Waals surface area contributed by atoms with Crippen LogP contribution in [-0.2, 0) is 33.3 Å². The van der Waals surface area contributed by atoms with Crippen LogP contribution in [0, 0.1) is 16.7 Å². The van der Waals surface area contributed by atoms with Crippen LogP contribution in [0.2, 0.25) is 0 Å². The Morgan fingerprint density at radius 3 is 2.55 bits per heavy atom. The van der Waals surface area contributed by atoms with Gasteiger partial charge in [0.25, 0.3) is 0 Å².